The summed E-state index contributed by atoms with van der Waals surface area (Å²) in [4.78, 5) is 24.8. The molecule has 130 valence electrons. The predicted octanol–water partition coefficient (Wildman–Crippen LogP) is -0.759. The first-order chi connectivity index (χ1) is 11.0. The lowest BCUT2D eigenvalue weighted by Gasteiger charge is -2.33. The van der Waals surface area contributed by atoms with Crippen molar-refractivity contribution in [1.82, 2.24) is 15.5 Å². The molecular formula is C16H27N3O4. The average Bonchev–Trinajstić information content (AvgIpc) is 3.33. The molecule has 3 rings (SSSR count). The lowest BCUT2D eigenvalue weighted by Crippen LogP contribution is -2.52. The summed E-state index contributed by atoms with van der Waals surface area (Å²) in [5, 5.41) is 16.7. The molecule has 7 heteroatoms. The molecule has 1 saturated carbocycles. The van der Waals surface area contributed by atoms with E-state index in [9.17, 15) is 14.7 Å². The molecule has 0 aromatic rings. The van der Waals surface area contributed by atoms with Gasteiger partial charge in [-0.25, -0.2) is 0 Å². The number of carbonyl (C=O) groups excluding carboxylic acids is 2. The topological polar surface area (TPSA) is 90.9 Å². The molecule has 0 radical (unpaired) electrons. The first kappa shape index (κ1) is 16.7. The maximum atomic E-state index is 11.7. The van der Waals surface area contributed by atoms with Gasteiger partial charge in [-0.3, -0.25) is 9.59 Å². The van der Waals surface area contributed by atoms with E-state index in [4.69, 9.17) is 4.74 Å². The van der Waals surface area contributed by atoms with Gasteiger partial charge in [-0.1, -0.05) is 0 Å². The lowest BCUT2D eigenvalue weighted by atomic mass is 10.0. The first-order valence-corrected chi connectivity index (χ1v) is 8.63. The number of nitrogens with one attached hydrogen (secondary N) is 2. The summed E-state index contributed by atoms with van der Waals surface area (Å²) in [6, 6.07) is 0.195. The van der Waals surface area contributed by atoms with E-state index in [1.807, 2.05) is 4.90 Å². The van der Waals surface area contributed by atoms with Crippen molar-refractivity contribution in [2.75, 3.05) is 26.2 Å². The van der Waals surface area contributed by atoms with E-state index in [0.29, 0.717) is 19.2 Å². The summed E-state index contributed by atoms with van der Waals surface area (Å²) in [6.45, 7) is 3.95. The normalized spacial score (nSPS) is 32.1. The van der Waals surface area contributed by atoms with Gasteiger partial charge in [-0.05, 0) is 25.7 Å². The monoisotopic (exact) mass is 325 g/mol. The van der Waals surface area contributed by atoms with Gasteiger partial charge in [-0.2, -0.15) is 0 Å². The van der Waals surface area contributed by atoms with Crippen LogP contribution < -0.4 is 10.6 Å². The van der Waals surface area contributed by atoms with Crippen LogP contribution in [0, 0.1) is 5.92 Å². The number of ether oxygens (including phenoxy) is 1. The van der Waals surface area contributed by atoms with Crippen LogP contribution in [0.15, 0.2) is 0 Å². The minimum Gasteiger partial charge on any atom is -0.389 e. The molecule has 0 aromatic heterocycles. The molecule has 3 aliphatic rings. The van der Waals surface area contributed by atoms with Gasteiger partial charge in [0.15, 0.2) is 0 Å². The van der Waals surface area contributed by atoms with Gasteiger partial charge in [0, 0.05) is 38.5 Å². The van der Waals surface area contributed by atoms with Crippen LogP contribution in [0.2, 0.25) is 0 Å². The lowest BCUT2D eigenvalue weighted by molar-refractivity contribution is -0.130. The van der Waals surface area contributed by atoms with Crippen molar-refractivity contribution in [2.45, 2.75) is 56.9 Å². The second-order valence-electron chi connectivity index (χ2n) is 6.94. The number of hydrogen-bond donors (Lipinski definition) is 3. The average molecular weight is 325 g/mol. The van der Waals surface area contributed by atoms with Crippen LogP contribution >= 0.6 is 0 Å². The van der Waals surface area contributed by atoms with Crippen molar-refractivity contribution in [1.29, 1.82) is 0 Å². The molecule has 2 heterocycles. The largest absolute Gasteiger partial charge is 0.389 e. The second-order valence-corrected chi connectivity index (χ2v) is 6.94. The van der Waals surface area contributed by atoms with E-state index in [1.54, 1.807) is 6.92 Å². The maximum absolute atomic E-state index is 11.7. The number of aliphatic hydroxyl groups is 1. The third-order valence-corrected chi connectivity index (χ3v) is 5.10. The summed E-state index contributed by atoms with van der Waals surface area (Å²) in [6.07, 6.45) is 2.79. The molecule has 2 amide bonds. The number of aliphatic hydroxyl groups excluding tert-OH is 1. The van der Waals surface area contributed by atoms with Crippen molar-refractivity contribution >= 4 is 11.8 Å². The van der Waals surface area contributed by atoms with Crippen molar-refractivity contribution < 1.29 is 19.4 Å². The van der Waals surface area contributed by atoms with Crippen molar-refractivity contribution in [2.24, 2.45) is 5.92 Å². The van der Waals surface area contributed by atoms with Crippen LogP contribution in [0.3, 0.4) is 0 Å². The van der Waals surface area contributed by atoms with Crippen molar-refractivity contribution in [3.8, 4) is 0 Å². The second kappa shape index (κ2) is 7.15. The molecule has 0 spiro atoms. The van der Waals surface area contributed by atoms with E-state index in [1.165, 1.54) is 0 Å². The number of hydrogen-bond acceptors (Lipinski definition) is 5. The number of nitrogens with zero attached hydrogens (tertiary/aromatic N) is 1. The molecule has 2 saturated heterocycles. The number of rotatable bonds is 5. The number of amides is 2. The molecule has 3 atom stereocenters. The molecule has 0 unspecified atom stereocenters. The maximum Gasteiger partial charge on any atom is 0.223 e. The summed E-state index contributed by atoms with van der Waals surface area (Å²) in [7, 11) is 0. The summed E-state index contributed by atoms with van der Waals surface area (Å²) in [5.41, 5.74) is 0. The van der Waals surface area contributed by atoms with Gasteiger partial charge in [-0.15, -0.1) is 0 Å². The van der Waals surface area contributed by atoms with Crippen molar-refractivity contribution in [3.05, 3.63) is 0 Å². The number of piperidine rings is 1. The molecule has 3 fully saturated rings. The highest BCUT2D eigenvalue weighted by Crippen LogP contribution is 2.28. The van der Waals surface area contributed by atoms with Gasteiger partial charge in [0.25, 0.3) is 0 Å². The summed E-state index contributed by atoms with van der Waals surface area (Å²) in [5.74, 6) is 0.377. The van der Waals surface area contributed by atoms with Gasteiger partial charge in [0.1, 0.15) is 6.10 Å². The zero-order chi connectivity index (χ0) is 16.4. The Balaban J connectivity index is 1.39. The zero-order valence-corrected chi connectivity index (χ0v) is 13.7. The van der Waals surface area contributed by atoms with Gasteiger partial charge in [0.2, 0.25) is 11.8 Å². The van der Waals surface area contributed by atoms with Crippen LogP contribution in [0.1, 0.15) is 32.6 Å². The van der Waals surface area contributed by atoms with Gasteiger partial charge in [0.05, 0.1) is 18.8 Å². The summed E-state index contributed by atoms with van der Waals surface area (Å²) < 4.78 is 5.64. The molecule has 1 aliphatic carbocycles. The Hall–Kier alpha value is -1.18. The minimum atomic E-state index is -0.611. The Labute approximate surface area is 136 Å². The van der Waals surface area contributed by atoms with E-state index in [2.05, 4.69) is 10.6 Å². The van der Waals surface area contributed by atoms with Gasteiger partial charge < -0.3 is 25.4 Å². The highest BCUT2D eigenvalue weighted by molar-refractivity contribution is 5.80. The Kier molecular flexibility index (Phi) is 5.18. The molecule has 2 aliphatic heterocycles. The Morgan fingerprint density at radius 2 is 1.91 bits per heavy atom. The van der Waals surface area contributed by atoms with Crippen molar-refractivity contribution in [3.63, 3.8) is 0 Å². The highest BCUT2D eigenvalue weighted by atomic mass is 16.5. The Morgan fingerprint density at radius 1 is 1.22 bits per heavy atom. The third-order valence-electron chi connectivity index (χ3n) is 5.10. The fraction of sp³-hybridized carbons (Fsp3) is 0.875. The van der Waals surface area contributed by atoms with Crippen LogP contribution in [-0.4, -0.2) is 72.4 Å². The standard InChI is InChI=1S/C16H27N3O4/c1-10(20)19-6-4-12(5-7-19)18-13-9-23-14(15(13)21)8-17-16(22)11-2-3-11/h11-15,18,21H,2-9H2,1H3,(H,17,22)/t13-,14-,15+/m1/s1. The third kappa shape index (κ3) is 4.22. The van der Waals surface area contributed by atoms with E-state index in [0.717, 1.165) is 38.8 Å². The van der Waals surface area contributed by atoms with E-state index in [-0.39, 0.29) is 29.9 Å². The molecule has 7 nitrogen and oxygen atoms in total. The fourth-order valence-electron chi connectivity index (χ4n) is 3.36. The molecule has 0 bridgehead atoms. The Bertz CT molecular complexity index is 447. The quantitative estimate of drug-likeness (QED) is 0.618. The highest BCUT2D eigenvalue weighted by Gasteiger charge is 2.38. The molecule has 0 aromatic carbocycles. The summed E-state index contributed by atoms with van der Waals surface area (Å²) >= 11 is 0. The minimum absolute atomic E-state index is 0.0776. The molecule has 23 heavy (non-hydrogen) atoms. The van der Waals surface area contributed by atoms with Crippen LogP contribution in [-0.2, 0) is 14.3 Å². The van der Waals surface area contributed by atoms with Crippen LogP contribution in [0.5, 0.6) is 0 Å². The predicted molar refractivity (Wildman–Crippen MR) is 83.7 cm³/mol. The van der Waals surface area contributed by atoms with E-state index < -0.39 is 6.10 Å². The SMILES string of the molecule is CC(=O)N1CCC(N[C@@H]2CO[C@H](CNC(=O)C3CC3)[C@H]2O)CC1. The number of carbonyl (C=O) groups is 2. The number of likely N-dealkylation sites (tertiary alicyclic amines) is 1. The molecular weight excluding hydrogens is 298 g/mol. The zero-order valence-electron chi connectivity index (χ0n) is 13.7. The van der Waals surface area contributed by atoms with Crippen LogP contribution in [0.4, 0.5) is 0 Å². The first-order valence-electron chi connectivity index (χ1n) is 8.63. The van der Waals surface area contributed by atoms with Gasteiger partial charge >= 0.3 is 0 Å². The van der Waals surface area contributed by atoms with Crippen LogP contribution in [0.25, 0.3) is 0 Å². The fourth-order valence-corrected chi connectivity index (χ4v) is 3.36. The van der Waals surface area contributed by atoms with E-state index >= 15 is 0 Å². The molecule has 3 N–H and O–H groups in total. The Morgan fingerprint density at radius 3 is 2.52 bits per heavy atom. The smallest absolute Gasteiger partial charge is 0.223 e.